The van der Waals surface area contributed by atoms with Crippen molar-refractivity contribution in [1.82, 2.24) is 9.72 Å². The van der Waals surface area contributed by atoms with Gasteiger partial charge in [-0.05, 0) is 55.3 Å². The van der Waals surface area contributed by atoms with Gasteiger partial charge in [-0.2, -0.15) is 0 Å². The highest BCUT2D eigenvalue weighted by molar-refractivity contribution is 6.18. The highest BCUT2D eigenvalue weighted by atomic mass is 19.1. The van der Waals surface area contributed by atoms with Crippen molar-refractivity contribution in [3.63, 3.8) is 0 Å². The molecule has 0 aliphatic carbocycles. The van der Waals surface area contributed by atoms with E-state index in [0.29, 0.717) is 30.0 Å². The summed E-state index contributed by atoms with van der Waals surface area (Å²) in [7, 11) is 0. The van der Waals surface area contributed by atoms with Crippen LogP contribution in [0.2, 0.25) is 0 Å². The first-order chi connectivity index (χ1) is 18.9. The highest BCUT2D eigenvalue weighted by Crippen LogP contribution is 2.40. The van der Waals surface area contributed by atoms with Crippen molar-refractivity contribution in [3.8, 4) is 11.1 Å². The molecule has 0 saturated heterocycles. The van der Waals surface area contributed by atoms with E-state index in [-0.39, 0.29) is 11.3 Å². The van der Waals surface area contributed by atoms with Crippen LogP contribution >= 0.6 is 0 Å². The van der Waals surface area contributed by atoms with Crippen molar-refractivity contribution in [2.24, 2.45) is 0 Å². The average Bonchev–Trinajstić information content (AvgIpc) is 3.44. The largest absolute Gasteiger partial charge is 0.361 e. The number of aromatic nitrogens is 2. The molecule has 0 bridgehead atoms. The van der Waals surface area contributed by atoms with Crippen LogP contribution in [0.25, 0.3) is 32.9 Å². The second-order valence-electron chi connectivity index (χ2n) is 9.52. The Kier molecular flexibility index (Phi) is 6.04. The van der Waals surface area contributed by atoms with Gasteiger partial charge < -0.3 is 14.4 Å². The molecule has 0 aliphatic rings. The minimum Gasteiger partial charge on any atom is -0.361 e. The van der Waals surface area contributed by atoms with E-state index in [9.17, 15) is 14.0 Å². The maximum absolute atomic E-state index is 13.9. The molecule has 0 aliphatic heterocycles. The van der Waals surface area contributed by atoms with Gasteiger partial charge in [0.25, 0.3) is 0 Å². The Labute approximate surface area is 223 Å². The third-order valence-electron chi connectivity index (χ3n) is 7.04. The van der Waals surface area contributed by atoms with Crippen molar-refractivity contribution in [2.75, 3.05) is 5.32 Å². The molecule has 0 unspecified atom stereocenters. The Morgan fingerprint density at radius 2 is 1.74 bits per heavy atom. The summed E-state index contributed by atoms with van der Waals surface area (Å²) in [6, 6.07) is 25.2. The summed E-state index contributed by atoms with van der Waals surface area (Å²) < 4.78 is 21.4. The lowest BCUT2D eigenvalue weighted by atomic mass is 9.99. The standard InChI is InChI=1S/C32H24FN3O3/c1-19-30(20(2)39-35-19)24-14-27(34-18-37)31-26-12-11-23(32(38)22-9-6-10-25(33)13-22)15-28(26)36(29(31)16-24)17-21-7-4-3-5-8-21/h3-16,18H,17H2,1-2H3,(H,34,37). The van der Waals surface area contributed by atoms with Crippen LogP contribution in [0.3, 0.4) is 0 Å². The Morgan fingerprint density at radius 3 is 2.46 bits per heavy atom. The molecule has 0 atom stereocenters. The molecule has 192 valence electrons. The number of hydrogen-bond donors (Lipinski definition) is 1. The number of anilines is 1. The van der Waals surface area contributed by atoms with Crippen molar-refractivity contribution >= 4 is 39.7 Å². The molecule has 0 saturated carbocycles. The van der Waals surface area contributed by atoms with Gasteiger partial charge in [0.15, 0.2) is 5.78 Å². The normalized spacial score (nSPS) is 11.3. The van der Waals surface area contributed by atoms with E-state index in [1.54, 1.807) is 12.1 Å². The molecule has 39 heavy (non-hydrogen) atoms. The molecule has 2 aromatic heterocycles. The first-order valence-electron chi connectivity index (χ1n) is 12.5. The van der Waals surface area contributed by atoms with Gasteiger partial charge in [0.2, 0.25) is 6.41 Å². The quantitative estimate of drug-likeness (QED) is 0.182. The predicted molar refractivity (Wildman–Crippen MR) is 149 cm³/mol. The van der Waals surface area contributed by atoms with E-state index in [2.05, 4.69) is 21.1 Å². The summed E-state index contributed by atoms with van der Waals surface area (Å²) in [5.74, 6) is -0.0512. The molecule has 0 spiro atoms. The fraction of sp³-hybridized carbons (Fsp3) is 0.0938. The Bertz CT molecular complexity index is 1870. The number of carbonyl (C=O) groups excluding carboxylic acids is 2. The molecule has 6 rings (SSSR count). The van der Waals surface area contributed by atoms with Gasteiger partial charge in [-0.3, -0.25) is 9.59 Å². The number of ketones is 1. The van der Waals surface area contributed by atoms with Crippen molar-refractivity contribution in [3.05, 3.63) is 119 Å². The van der Waals surface area contributed by atoms with E-state index in [0.717, 1.165) is 44.2 Å². The first-order valence-corrected chi connectivity index (χ1v) is 12.5. The topological polar surface area (TPSA) is 77.1 Å². The lowest BCUT2D eigenvalue weighted by Gasteiger charge is -2.11. The number of fused-ring (bicyclic) bond motifs is 3. The lowest BCUT2D eigenvalue weighted by Crippen LogP contribution is -2.03. The maximum Gasteiger partial charge on any atom is 0.211 e. The predicted octanol–water partition coefficient (Wildman–Crippen LogP) is 7.05. The third-order valence-corrected chi connectivity index (χ3v) is 7.04. The van der Waals surface area contributed by atoms with Gasteiger partial charge in [0.05, 0.1) is 22.4 Å². The van der Waals surface area contributed by atoms with Gasteiger partial charge in [0, 0.05) is 34.0 Å². The Morgan fingerprint density at radius 1 is 0.949 bits per heavy atom. The van der Waals surface area contributed by atoms with Gasteiger partial charge in [-0.1, -0.05) is 59.8 Å². The molecular weight excluding hydrogens is 493 g/mol. The number of nitrogens with one attached hydrogen (secondary N) is 1. The van der Waals surface area contributed by atoms with Crippen LogP contribution in [0.1, 0.15) is 32.9 Å². The zero-order chi connectivity index (χ0) is 27.1. The number of carbonyl (C=O) groups is 2. The molecule has 0 fully saturated rings. The number of aryl methyl sites for hydroxylation is 2. The molecule has 6 nitrogen and oxygen atoms in total. The molecule has 2 heterocycles. The minimum absolute atomic E-state index is 0.268. The van der Waals surface area contributed by atoms with E-state index >= 15 is 0 Å². The number of rotatable bonds is 7. The Balaban J connectivity index is 1.64. The van der Waals surface area contributed by atoms with Crippen LogP contribution in [0.4, 0.5) is 10.1 Å². The summed E-state index contributed by atoms with van der Waals surface area (Å²) in [4.78, 5) is 25.0. The van der Waals surface area contributed by atoms with E-state index in [4.69, 9.17) is 4.52 Å². The zero-order valence-electron chi connectivity index (χ0n) is 21.4. The average molecular weight is 518 g/mol. The van der Waals surface area contributed by atoms with Crippen LogP contribution in [0.5, 0.6) is 0 Å². The number of halogens is 1. The molecular formula is C32H24FN3O3. The van der Waals surface area contributed by atoms with Gasteiger partial charge in [-0.25, -0.2) is 4.39 Å². The lowest BCUT2D eigenvalue weighted by molar-refractivity contribution is -0.105. The highest BCUT2D eigenvalue weighted by Gasteiger charge is 2.21. The fourth-order valence-corrected chi connectivity index (χ4v) is 5.31. The zero-order valence-corrected chi connectivity index (χ0v) is 21.4. The summed E-state index contributed by atoms with van der Waals surface area (Å²) in [5, 5.41) is 8.72. The molecule has 0 radical (unpaired) electrons. The van der Waals surface area contributed by atoms with Gasteiger partial charge in [-0.15, -0.1) is 0 Å². The van der Waals surface area contributed by atoms with Crippen LogP contribution < -0.4 is 5.32 Å². The van der Waals surface area contributed by atoms with Gasteiger partial charge in [0.1, 0.15) is 11.6 Å². The van der Waals surface area contributed by atoms with Crippen molar-refractivity contribution < 1.29 is 18.5 Å². The molecule has 7 heteroatoms. The second-order valence-corrected chi connectivity index (χ2v) is 9.52. The SMILES string of the molecule is Cc1noc(C)c1-c1cc(NC=O)c2c3ccc(C(=O)c4cccc(F)c4)cc3n(Cc3ccccc3)c2c1. The van der Waals surface area contributed by atoms with Crippen molar-refractivity contribution in [1.29, 1.82) is 0 Å². The Hall–Kier alpha value is -5.04. The van der Waals surface area contributed by atoms with Crippen LogP contribution in [-0.4, -0.2) is 21.9 Å². The van der Waals surface area contributed by atoms with Crippen molar-refractivity contribution in [2.45, 2.75) is 20.4 Å². The molecule has 1 amide bonds. The fourth-order valence-electron chi connectivity index (χ4n) is 5.31. The number of hydrogen-bond acceptors (Lipinski definition) is 4. The van der Waals surface area contributed by atoms with Crippen LogP contribution in [0.15, 0.2) is 89.5 Å². The van der Waals surface area contributed by atoms with E-state index < -0.39 is 5.82 Å². The summed E-state index contributed by atoms with van der Waals surface area (Å²) in [5.41, 5.74) is 6.61. The maximum atomic E-state index is 13.9. The number of nitrogens with zero attached hydrogens (tertiary/aromatic N) is 2. The first kappa shape index (κ1) is 24.3. The van der Waals surface area contributed by atoms with Gasteiger partial charge >= 0.3 is 0 Å². The summed E-state index contributed by atoms with van der Waals surface area (Å²) >= 11 is 0. The van der Waals surface area contributed by atoms with E-state index in [1.807, 2.05) is 62.4 Å². The van der Waals surface area contributed by atoms with Crippen LogP contribution in [-0.2, 0) is 11.3 Å². The second kappa shape index (κ2) is 9.68. The summed E-state index contributed by atoms with van der Waals surface area (Å²) in [6.07, 6.45) is 0.661. The number of amides is 1. The molecule has 1 N–H and O–H groups in total. The molecule has 4 aromatic carbocycles. The monoisotopic (exact) mass is 517 g/mol. The third kappa shape index (κ3) is 4.28. The summed E-state index contributed by atoms with van der Waals surface area (Å²) in [6.45, 7) is 4.27. The molecule has 6 aromatic rings. The smallest absolute Gasteiger partial charge is 0.211 e. The number of benzene rings is 4. The minimum atomic E-state index is -0.462. The van der Waals surface area contributed by atoms with E-state index in [1.165, 1.54) is 18.2 Å². The van der Waals surface area contributed by atoms with Crippen LogP contribution in [0, 0.1) is 19.7 Å².